The number of rotatable bonds is 22. The van der Waals surface area contributed by atoms with Gasteiger partial charge in [0.25, 0.3) is 0 Å². The van der Waals surface area contributed by atoms with Crippen molar-refractivity contribution in [3.63, 3.8) is 0 Å². The maximum absolute atomic E-state index is 13.1. The average molecular weight is 845 g/mol. The van der Waals surface area contributed by atoms with E-state index in [-0.39, 0.29) is 89.6 Å². The number of carbonyl (C=O) groups is 4. The van der Waals surface area contributed by atoms with Crippen molar-refractivity contribution >= 4 is 36.2 Å². The Morgan fingerprint density at radius 2 is 0.852 bits per heavy atom. The fourth-order valence-corrected chi connectivity index (χ4v) is 5.51. The van der Waals surface area contributed by atoms with Crippen molar-refractivity contribution in [2.45, 2.75) is 33.1 Å². The van der Waals surface area contributed by atoms with Crippen LogP contribution in [0.3, 0.4) is 0 Å². The van der Waals surface area contributed by atoms with Crippen LogP contribution in [-0.2, 0) is 9.59 Å². The molecule has 18 heteroatoms. The molecule has 0 saturated heterocycles. The highest BCUT2D eigenvalue weighted by Crippen LogP contribution is 2.40. The van der Waals surface area contributed by atoms with Crippen LogP contribution in [0.2, 0.25) is 0 Å². The van der Waals surface area contributed by atoms with Crippen LogP contribution in [0.25, 0.3) is 0 Å². The molecule has 0 aliphatic rings. The summed E-state index contributed by atoms with van der Waals surface area (Å²) >= 11 is 0. The van der Waals surface area contributed by atoms with Gasteiger partial charge in [-0.25, -0.2) is 20.4 Å². The number of amides is 2. The van der Waals surface area contributed by atoms with Crippen molar-refractivity contribution in [2.75, 3.05) is 55.9 Å². The minimum Gasteiger partial charge on any atom is -0.493 e. The molecule has 0 unspecified atom stereocenters. The Bertz CT molecular complexity index is 2040. The van der Waals surface area contributed by atoms with E-state index in [0.29, 0.717) is 22.6 Å². The smallest absolute Gasteiger partial charge is 0.343 e. The number of ether oxygens (including phenoxy) is 10. The topological polar surface area (TPSA) is 209 Å². The van der Waals surface area contributed by atoms with E-state index in [4.69, 9.17) is 47.4 Å². The zero-order chi connectivity index (χ0) is 44.3. The summed E-state index contributed by atoms with van der Waals surface area (Å²) in [5.41, 5.74) is 6.27. The molecule has 2 amide bonds. The second kappa shape index (κ2) is 23.2. The predicted octanol–water partition coefficient (Wildman–Crippen LogP) is 5.74. The molecule has 0 aliphatic carbocycles. The average Bonchev–Trinajstić information content (AvgIpc) is 3.26. The summed E-state index contributed by atoms with van der Waals surface area (Å²) in [7, 11) is 8.67. The molecule has 4 aromatic rings. The van der Waals surface area contributed by atoms with Crippen molar-refractivity contribution in [3.05, 3.63) is 82.9 Å². The number of benzene rings is 4. The van der Waals surface area contributed by atoms with Gasteiger partial charge in [0.15, 0.2) is 46.0 Å². The zero-order valence-electron chi connectivity index (χ0n) is 35.1. The van der Waals surface area contributed by atoms with E-state index in [1.807, 2.05) is 0 Å². The molecular formula is C43H48N4O14. The zero-order valence-corrected chi connectivity index (χ0v) is 35.1. The predicted molar refractivity (Wildman–Crippen MR) is 223 cm³/mol. The van der Waals surface area contributed by atoms with Crippen molar-refractivity contribution in [2.24, 2.45) is 10.2 Å². The van der Waals surface area contributed by atoms with E-state index in [0.717, 1.165) is 0 Å². The van der Waals surface area contributed by atoms with Crippen molar-refractivity contribution in [3.8, 4) is 57.5 Å². The molecule has 324 valence electrons. The fraction of sp³-hybridized carbons (Fsp3) is 0.302. The molecule has 0 aliphatic heterocycles. The number of esters is 2. The van der Waals surface area contributed by atoms with Crippen LogP contribution in [0, 0.1) is 0 Å². The lowest BCUT2D eigenvalue weighted by Crippen LogP contribution is -2.20. The molecule has 2 N–H and O–H groups in total. The van der Waals surface area contributed by atoms with Crippen LogP contribution in [-0.4, -0.2) is 92.1 Å². The van der Waals surface area contributed by atoms with Crippen LogP contribution in [0.15, 0.2) is 70.9 Å². The van der Waals surface area contributed by atoms with Crippen molar-refractivity contribution in [1.82, 2.24) is 10.9 Å². The van der Waals surface area contributed by atoms with Gasteiger partial charge in [-0.05, 0) is 92.1 Å². The normalized spacial score (nSPS) is 10.8. The minimum atomic E-state index is -0.687. The van der Waals surface area contributed by atoms with Gasteiger partial charge < -0.3 is 47.4 Å². The third kappa shape index (κ3) is 12.7. The molecule has 0 aromatic heterocycles. The lowest BCUT2D eigenvalue weighted by molar-refractivity contribution is -0.122. The molecule has 0 heterocycles. The van der Waals surface area contributed by atoms with Gasteiger partial charge in [0.05, 0.1) is 79.4 Å². The van der Waals surface area contributed by atoms with Gasteiger partial charge in [-0.1, -0.05) is 0 Å². The number of methoxy groups -OCH3 is 6. The van der Waals surface area contributed by atoms with Crippen LogP contribution >= 0.6 is 0 Å². The summed E-state index contributed by atoms with van der Waals surface area (Å²) < 4.78 is 54.6. The van der Waals surface area contributed by atoms with Gasteiger partial charge in [-0.3, -0.25) is 9.59 Å². The third-order valence-electron chi connectivity index (χ3n) is 8.35. The summed E-state index contributed by atoms with van der Waals surface area (Å²) in [5, 5.41) is 7.98. The molecule has 4 rings (SSSR count). The highest BCUT2D eigenvalue weighted by atomic mass is 16.6. The minimum absolute atomic E-state index is 0.0163. The lowest BCUT2D eigenvalue weighted by Gasteiger charge is -2.15. The Hall–Kier alpha value is -7.50. The summed E-state index contributed by atoms with van der Waals surface area (Å²) in [6.07, 6.45) is 3.06. The standard InChI is InChI=1S/C43H48N4O14/c1-9-58-32-18-26(14-16-30(32)60-42(50)28-20-34(52-3)40(56-7)35(21-28)53-4)24-44-46-38(48)12-11-13-39(49)47-45-25-27-15-17-31(33(19-27)59-10-2)61-43(51)29-22-36(54-5)41(57-8)37(23-29)55-6/h14-25H,9-13H2,1-8H3,(H,46,48)(H,47,49). The summed E-state index contributed by atoms with van der Waals surface area (Å²) in [6.45, 7) is 4.12. The van der Waals surface area contributed by atoms with Crippen LogP contribution in [0.4, 0.5) is 0 Å². The van der Waals surface area contributed by atoms with Gasteiger partial charge in [0.1, 0.15) is 0 Å². The monoisotopic (exact) mass is 844 g/mol. The van der Waals surface area contributed by atoms with E-state index in [2.05, 4.69) is 21.1 Å². The second-order valence-electron chi connectivity index (χ2n) is 12.3. The van der Waals surface area contributed by atoms with E-state index in [1.165, 1.54) is 91.5 Å². The van der Waals surface area contributed by atoms with E-state index in [9.17, 15) is 19.2 Å². The van der Waals surface area contributed by atoms with Crippen LogP contribution < -0.4 is 58.2 Å². The number of carbonyl (C=O) groups excluding carboxylic acids is 4. The summed E-state index contributed by atoms with van der Waals surface area (Å²) in [5.74, 6) is 0.472. The maximum Gasteiger partial charge on any atom is 0.343 e. The van der Waals surface area contributed by atoms with E-state index in [1.54, 1.807) is 38.1 Å². The molecular weight excluding hydrogens is 796 g/mol. The number of nitrogens with one attached hydrogen (secondary N) is 2. The Morgan fingerprint density at radius 1 is 0.492 bits per heavy atom. The largest absolute Gasteiger partial charge is 0.493 e. The number of hydrogen-bond donors (Lipinski definition) is 2. The first-order valence-corrected chi connectivity index (χ1v) is 18.7. The fourth-order valence-electron chi connectivity index (χ4n) is 5.51. The van der Waals surface area contributed by atoms with E-state index < -0.39 is 23.8 Å². The Labute approximate surface area is 352 Å². The highest BCUT2D eigenvalue weighted by molar-refractivity contribution is 5.94. The molecule has 61 heavy (non-hydrogen) atoms. The second-order valence-corrected chi connectivity index (χ2v) is 12.3. The summed E-state index contributed by atoms with van der Waals surface area (Å²) in [4.78, 5) is 51.0. The Balaban J connectivity index is 1.26. The van der Waals surface area contributed by atoms with Gasteiger partial charge in [-0.2, -0.15) is 10.2 Å². The Kier molecular flexibility index (Phi) is 17.6. The molecule has 0 radical (unpaired) electrons. The molecule has 0 saturated carbocycles. The van der Waals surface area contributed by atoms with Crippen molar-refractivity contribution < 1.29 is 66.5 Å². The van der Waals surface area contributed by atoms with Crippen LogP contribution in [0.1, 0.15) is 65.0 Å². The molecule has 18 nitrogen and oxygen atoms in total. The first kappa shape index (κ1) is 46.2. The Morgan fingerprint density at radius 3 is 1.16 bits per heavy atom. The molecule has 0 spiro atoms. The molecule has 0 atom stereocenters. The van der Waals surface area contributed by atoms with Gasteiger partial charge in [0, 0.05) is 12.8 Å². The lowest BCUT2D eigenvalue weighted by atomic mass is 10.1. The first-order chi connectivity index (χ1) is 29.5. The molecule has 0 fully saturated rings. The number of hydrogen-bond acceptors (Lipinski definition) is 16. The third-order valence-corrected chi connectivity index (χ3v) is 8.35. The number of nitrogens with zero attached hydrogens (tertiary/aromatic N) is 2. The maximum atomic E-state index is 13.1. The highest BCUT2D eigenvalue weighted by Gasteiger charge is 2.22. The quantitative estimate of drug-likeness (QED) is 0.0418. The number of hydrazone groups is 2. The summed E-state index contributed by atoms with van der Waals surface area (Å²) in [6, 6.07) is 15.4. The van der Waals surface area contributed by atoms with Crippen molar-refractivity contribution in [1.29, 1.82) is 0 Å². The van der Waals surface area contributed by atoms with E-state index >= 15 is 0 Å². The SMILES string of the molecule is CCOc1cc(C=NNC(=O)CCCC(=O)NN=Cc2ccc(OC(=O)c3cc(OC)c(OC)c(OC)c3)c(OCC)c2)ccc1OC(=O)c1cc(OC)c(OC)c(OC)c1. The van der Waals surface area contributed by atoms with Gasteiger partial charge in [-0.15, -0.1) is 0 Å². The molecule has 4 aromatic carbocycles. The van der Waals surface area contributed by atoms with Gasteiger partial charge in [0.2, 0.25) is 23.3 Å². The van der Waals surface area contributed by atoms with Crippen LogP contribution in [0.5, 0.6) is 57.5 Å². The molecule has 0 bridgehead atoms. The van der Waals surface area contributed by atoms with Gasteiger partial charge >= 0.3 is 11.9 Å². The first-order valence-electron chi connectivity index (χ1n) is 18.7.